The zero-order chi connectivity index (χ0) is 19.3. The van der Waals surface area contributed by atoms with Crippen molar-refractivity contribution in [2.75, 3.05) is 18.1 Å². The number of esters is 1. The molecule has 1 aliphatic rings. The average molecular weight is 387 g/mol. The fraction of sp³-hybridized carbons (Fsp3) is 0.300. The molecule has 3 rings (SSSR count). The van der Waals surface area contributed by atoms with Crippen LogP contribution in [0.2, 0.25) is 0 Å². The second-order valence-corrected chi connectivity index (χ2v) is 8.73. The molecule has 6 nitrogen and oxygen atoms in total. The summed E-state index contributed by atoms with van der Waals surface area (Å²) in [7, 11) is -3.14. The highest BCUT2D eigenvalue weighted by atomic mass is 32.2. The third kappa shape index (κ3) is 5.17. The number of rotatable bonds is 6. The van der Waals surface area contributed by atoms with E-state index in [4.69, 9.17) is 4.74 Å². The molecule has 0 unspecified atom stereocenters. The van der Waals surface area contributed by atoms with Crippen LogP contribution in [0.4, 0.5) is 0 Å². The second-order valence-electron chi connectivity index (χ2n) is 6.51. The van der Waals surface area contributed by atoms with Crippen LogP contribution in [-0.2, 0) is 25.9 Å². The molecule has 0 bridgehead atoms. The molecule has 0 saturated carbocycles. The summed E-state index contributed by atoms with van der Waals surface area (Å²) in [4.78, 5) is 26.3. The Morgan fingerprint density at radius 1 is 1.00 bits per heavy atom. The number of amides is 1. The lowest BCUT2D eigenvalue weighted by Crippen LogP contribution is -2.42. The van der Waals surface area contributed by atoms with Gasteiger partial charge in [0, 0.05) is 12.6 Å². The summed E-state index contributed by atoms with van der Waals surface area (Å²) < 4.78 is 28.8. The van der Waals surface area contributed by atoms with Crippen LogP contribution in [0.25, 0.3) is 0 Å². The molecule has 7 heteroatoms. The van der Waals surface area contributed by atoms with Gasteiger partial charge in [-0.05, 0) is 24.1 Å². The molecule has 0 N–H and O–H groups in total. The normalized spacial score (nSPS) is 18.0. The largest absolute Gasteiger partial charge is 0.452 e. The number of benzene rings is 2. The first-order valence-electron chi connectivity index (χ1n) is 8.70. The summed E-state index contributed by atoms with van der Waals surface area (Å²) in [5.41, 5.74) is 1.26. The minimum absolute atomic E-state index is 0.0573. The van der Waals surface area contributed by atoms with Crippen molar-refractivity contribution in [3.05, 3.63) is 71.8 Å². The number of hydrogen-bond acceptors (Lipinski definition) is 5. The standard InChI is InChI=1S/C20H21NO5S/c22-19(14-26-20(23)17-9-5-2-6-10-17)21(13-16-7-3-1-4-8-16)18-11-12-27(24,25)15-18/h1-10,18H,11-15H2/t18-/m0/s1. The molecule has 1 heterocycles. The lowest BCUT2D eigenvalue weighted by atomic mass is 10.1. The van der Waals surface area contributed by atoms with Crippen molar-refractivity contribution in [2.24, 2.45) is 0 Å². The predicted molar refractivity (Wildman–Crippen MR) is 101 cm³/mol. The van der Waals surface area contributed by atoms with Gasteiger partial charge in [0.1, 0.15) is 0 Å². The van der Waals surface area contributed by atoms with E-state index in [-0.39, 0.29) is 18.1 Å². The third-order valence-electron chi connectivity index (χ3n) is 4.50. The maximum atomic E-state index is 12.7. The zero-order valence-corrected chi connectivity index (χ0v) is 15.6. The molecule has 27 heavy (non-hydrogen) atoms. The van der Waals surface area contributed by atoms with Gasteiger partial charge in [0.25, 0.3) is 5.91 Å². The van der Waals surface area contributed by atoms with Crippen molar-refractivity contribution in [3.8, 4) is 0 Å². The molecule has 0 radical (unpaired) electrons. The molecule has 0 aromatic heterocycles. The third-order valence-corrected chi connectivity index (χ3v) is 6.25. The van der Waals surface area contributed by atoms with E-state index in [1.54, 1.807) is 30.3 Å². The lowest BCUT2D eigenvalue weighted by Gasteiger charge is -2.28. The SMILES string of the molecule is O=C(OCC(=O)N(Cc1ccccc1)[C@H]1CCS(=O)(=O)C1)c1ccccc1. The predicted octanol–water partition coefficient (Wildman–Crippen LogP) is 2.06. The Hall–Kier alpha value is -2.67. The Morgan fingerprint density at radius 2 is 1.63 bits per heavy atom. The van der Waals surface area contributed by atoms with Gasteiger partial charge in [-0.2, -0.15) is 0 Å². The lowest BCUT2D eigenvalue weighted by molar-refractivity contribution is -0.137. The van der Waals surface area contributed by atoms with Gasteiger partial charge >= 0.3 is 5.97 Å². The molecule has 0 spiro atoms. The number of carbonyl (C=O) groups is 2. The Balaban J connectivity index is 1.69. The zero-order valence-electron chi connectivity index (χ0n) is 14.8. The fourth-order valence-corrected chi connectivity index (χ4v) is 4.82. The number of nitrogens with zero attached hydrogens (tertiary/aromatic N) is 1. The molecular formula is C20H21NO5S. The maximum absolute atomic E-state index is 12.7. The van der Waals surface area contributed by atoms with E-state index in [0.29, 0.717) is 12.0 Å². The van der Waals surface area contributed by atoms with Gasteiger partial charge in [-0.15, -0.1) is 0 Å². The molecule has 1 aliphatic heterocycles. The molecule has 2 aromatic carbocycles. The topological polar surface area (TPSA) is 80.8 Å². The quantitative estimate of drug-likeness (QED) is 0.709. The molecule has 1 saturated heterocycles. The minimum Gasteiger partial charge on any atom is -0.452 e. The summed E-state index contributed by atoms with van der Waals surface area (Å²) in [6.45, 7) is -0.139. The van der Waals surface area contributed by atoms with E-state index in [9.17, 15) is 18.0 Å². The first-order valence-corrected chi connectivity index (χ1v) is 10.5. The highest BCUT2D eigenvalue weighted by Crippen LogP contribution is 2.20. The summed E-state index contributed by atoms with van der Waals surface area (Å²) >= 11 is 0. The molecule has 0 aliphatic carbocycles. The van der Waals surface area contributed by atoms with E-state index >= 15 is 0 Å². The van der Waals surface area contributed by atoms with Gasteiger partial charge in [-0.3, -0.25) is 4.79 Å². The molecule has 142 valence electrons. The Kier molecular flexibility index (Phi) is 5.91. The van der Waals surface area contributed by atoms with Crippen LogP contribution in [0.3, 0.4) is 0 Å². The second kappa shape index (κ2) is 8.35. The van der Waals surface area contributed by atoms with Gasteiger partial charge in [0.05, 0.1) is 17.1 Å². The summed E-state index contributed by atoms with van der Waals surface area (Å²) in [5.74, 6) is -0.967. The van der Waals surface area contributed by atoms with Crippen molar-refractivity contribution < 1.29 is 22.7 Å². The van der Waals surface area contributed by atoms with Gasteiger partial charge < -0.3 is 9.64 Å². The van der Waals surface area contributed by atoms with E-state index < -0.39 is 34.4 Å². The van der Waals surface area contributed by atoms with Gasteiger partial charge in [-0.1, -0.05) is 48.5 Å². The highest BCUT2D eigenvalue weighted by molar-refractivity contribution is 7.91. The average Bonchev–Trinajstić information content (AvgIpc) is 3.05. The van der Waals surface area contributed by atoms with Crippen molar-refractivity contribution >= 4 is 21.7 Å². The molecule has 1 fully saturated rings. The first-order chi connectivity index (χ1) is 12.9. The summed E-state index contributed by atoms with van der Waals surface area (Å²) in [5, 5.41) is 0. The van der Waals surface area contributed by atoms with E-state index in [0.717, 1.165) is 5.56 Å². The van der Waals surface area contributed by atoms with Crippen LogP contribution in [-0.4, -0.2) is 49.3 Å². The van der Waals surface area contributed by atoms with Crippen LogP contribution < -0.4 is 0 Å². The molecule has 1 atom stereocenters. The van der Waals surface area contributed by atoms with Crippen LogP contribution in [0.5, 0.6) is 0 Å². The number of hydrogen-bond donors (Lipinski definition) is 0. The minimum atomic E-state index is -3.14. The van der Waals surface area contributed by atoms with Crippen LogP contribution >= 0.6 is 0 Å². The van der Waals surface area contributed by atoms with Crippen molar-refractivity contribution in [3.63, 3.8) is 0 Å². The monoisotopic (exact) mass is 387 g/mol. The smallest absolute Gasteiger partial charge is 0.338 e. The Morgan fingerprint density at radius 3 is 2.22 bits per heavy atom. The Labute approximate surface area is 158 Å². The fourth-order valence-electron chi connectivity index (χ4n) is 3.09. The van der Waals surface area contributed by atoms with Crippen molar-refractivity contribution in [1.29, 1.82) is 0 Å². The van der Waals surface area contributed by atoms with Gasteiger partial charge in [-0.25, -0.2) is 13.2 Å². The summed E-state index contributed by atoms with van der Waals surface area (Å²) in [6.07, 6.45) is 0.396. The molecule has 2 aromatic rings. The van der Waals surface area contributed by atoms with Gasteiger partial charge in [0.15, 0.2) is 16.4 Å². The first kappa shape index (κ1) is 19.1. The maximum Gasteiger partial charge on any atom is 0.338 e. The molecule has 1 amide bonds. The Bertz CT molecular complexity index is 896. The van der Waals surface area contributed by atoms with Crippen LogP contribution in [0.1, 0.15) is 22.3 Å². The van der Waals surface area contributed by atoms with Crippen LogP contribution in [0.15, 0.2) is 60.7 Å². The van der Waals surface area contributed by atoms with Crippen LogP contribution in [0, 0.1) is 0 Å². The van der Waals surface area contributed by atoms with E-state index in [1.165, 1.54) is 4.90 Å². The number of carbonyl (C=O) groups excluding carboxylic acids is 2. The van der Waals surface area contributed by atoms with E-state index in [2.05, 4.69) is 0 Å². The highest BCUT2D eigenvalue weighted by Gasteiger charge is 2.35. The number of ether oxygens (including phenoxy) is 1. The van der Waals surface area contributed by atoms with Crippen molar-refractivity contribution in [1.82, 2.24) is 4.90 Å². The number of sulfone groups is 1. The van der Waals surface area contributed by atoms with Crippen molar-refractivity contribution in [2.45, 2.75) is 19.0 Å². The summed E-state index contributed by atoms with van der Waals surface area (Å²) in [6, 6.07) is 17.4. The van der Waals surface area contributed by atoms with Gasteiger partial charge in [0.2, 0.25) is 0 Å². The van der Waals surface area contributed by atoms with E-state index in [1.807, 2.05) is 30.3 Å². The molecular weight excluding hydrogens is 366 g/mol.